The Balaban J connectivity index is 2.18. The highest BCUT2D eigenvalue weighted by molar-refractivity contribution is 5.20. The zero-order valence-electron chi connectivity index (χ0n) is 11.0. The molecule has 3 nitrogen and oxygen atoms in total. The van der Waals surface area contributed by atoms with Gasteiger partial charge in [-0.15, -0.1) is 0 Å². The fraction of sp³-hybridized carbons (Fsp3) is 0.571. The first kappa shape index (κ1) is 14.0. The lowest BCUT2D eigenvalue weighted by Crippen LogP contribution is -2.32. The van der Waals surface area contributed by atoms with Crippen LogP contribution in [0.25, 0.3) is 0 Å². The molecule has 0 bridgehead atoms. The number of ether oxygens (including phenoxy) is 2. The summed E-state index contributed by atoms with van der Waals surface area (Å²) >= 11 is 0. The van der Waals surface area contributed by atoms with Gasteiger partial charge in [-0.3, -0.25) is 0 Å². The van der Waals surface area contributed by atoms with Gasteiger partial charge in [0.1, 0.15) is 12.4 Å². The van der Waals surface area contributed by atoms with E-state index in [1.165, 1.54) is 0 Å². The molecule has 0 saturated carbocycles. The largest absolute Gasteiger partial charge is 0.491 e. The average Bonchev–Trinajstić information content (AvgIpc) is 2.34. The van der Waals surface area contributed by atoms with Gasteiger partial charge in [0, 0.05) is 6.54 Å². The minimum Gasteiger partial charge on any atom is -0.491 e. The molecule has 0 radical (unpaired) electrons. The Morgan fingerprint density at radius 1 is 1.12 bits per heavy atom. The van der Waals surface area contributed by atoms with Crippen molar-refractivity contribution in [1.82, 2.24) is 5.32 Å². The van der Waals surface area contributed by atoms with Crippen LogP contribution in [0.5, 0.6) is 5.75 Å². The Bertz CT molecular complexity index is 288. The van der Waals surface area contributed by atoms with Crippen LogP contribution in [0.3, 0.4) is 0 Å². The van der Waals surface area contributed by atoms with E-state index in [9.17, 15) is 0 Å². The molecule has 0 aromatic heterocycles. The third-order valence-corrected chi connectivity index (χ3v) is 2.58. The number of hydrogen-bond donors (Lipinski definition) is 1. The molecular formula is C14H23NO2. The lowest BCUT2D eigenvalue weighted by Gasteiger charge is -2.21. The molecule has 1 N–H and O–H groups in total. The number of likely N-dealkylation sites (N-methyl/N-ethyl adjacent to an activating group) is 1. The molecule has 0 aliphatic carbocycles. The molecule has 0 saturated heterocycles. The lowest BCUT2D eigenvalue weighted by atomic mass is 10.1. The summed E-state index contributed by atoms with van der Waals surface area (Å²) in [7, 11) is 1.94. The van der Waals surface area contributed by atoms with Gasteiger partial charge in [0.05, 0.1) is 12.7 Å². The van der Waals surface area contributed by atoms with E-state index in [-0.39, 0.29) is 6.10 Å². The standard InChI is InChI=1S/C14H23NO2/c1-12(2)14(11-15-3)17-10-9-16-13-7-5-4-6-8-13/h4-8,12,14-15H,9-11H2,1-3H3. The van der Waals surface area contributed by atoms with E-state index in [1.807, 2.05) is 37.4 Å². The van der Waals surface area contributed by atoms with Crippen LogP contribution in [0.2, 0.25) is 0 Å². The van der Waals surface area contributed by atoms with Gasteiger partial charge in [-0.05, 0) is 25.1 Å². The van der Waals surface area contributed by atoms with E-state index >= 15 is 0 Å². The van der Waals surface area contributed by atoms with E-state index in [1.54, 1.807) is 0 Å². The third kappa shape index (κ3) is 5.71. The van der Waals surface area contributed by atoms with Crippen LogP contribution < -0.4 is 10.1 Å². The van der Waals surface area contributed by atoms with Crippen LogP contribution in [0, 0.1) is 5.92 Å². The summed E-state index contributed by atoms with van der Waals surface area (Å²) in [6.45, 7) is 6.43. The molecule has 0 heterocycles. The van der Waals surface area contributed by atoms with Gasteiger partial charge in [-0.1, -0.05) is 32.0 Å². The number of hydrogen-bond acceptors (Lipinski definition) is 3. The number of benzene rings is 1. The van der Waals surface area contributed by atoms with Crippen LogP contribution in [0.4, 0.5) is 0 Å². The first-order valence-electron chi connectivity index (χ1n) is 6.18. The topological polar surface area (TPSA) is 30.5 Å². The van der Waals surface area contributed by atoms with E-state index in [4.69, 9.17) is 9.47 Å². The fourth-order valence-corrected chi connectivity index (χ4v) is 1.56. The SMILES string of the molecule is CNCC(OCCOc1ccccc1)C(C)C. The molecule has 1 aromatic carbocycles. The average molecular weight is 237 g/mol. The van der Waals surface area contributed by atoms with Gasteiger partial charge in [-0.25, -0.2) is 0 Å². The molecule has 0 fully saturated rings. The van der Waals surface area contributed by atoms with Crippen LogP contribution >= 0.6 is 0 Å². The summed E-state index contributed by atoms with van der Waals surface area (Å²) in [6, 6.07) is 9.81. The molecule has 0 aliphatic heterocycles. The molecule has 1 aromatic rings. The molecule has 1 unspecified atom stereocenters. The molecule has 96 valence electrons. The smallest absolute Gasteiger partial charge is 0.119 e. The van der Waals surface area contributed by atoms with Gasteiger partial charge < -0.3 is 14.8 Å². The zero-order valence-corrected chi connectivity index (χ0v) is 11.0. The number of nitrogens with one attached hydrogen (secondary N) is 1. The van der Waals surface area contributed by atoms with E-state index < -0.39 is 0 Å². The minimum atomic E-state index is 0.249. The molecule has 17 heavy (non-hydrogen) atoms. The summed E-state index contributed by atoms with van der Waals surface area (Å²) in [5.74, 6) is 1.41. The first-order chi connectivity index (χ1) is 8.24. The van der Waals surface area contributed by atoms with Crippen molar-refractivity contribution in [2.75, 3.05) is 26.8 Å². The Morgan fingerprint density at radius 3 is 2.41 bits per heavy atom. The Labute approximate surface area is 104 Å². The molecule has 0 spiro atoms. The molecule has 3 heteroatoms. The second-order valence-corrected chi connectivity index (χ2v) is 4.37. The summed E-state index contributed by atoms with van der Waals surface area (Å²) < 4.78 is 11.3. The summed E-state index contributed by atoms with van der Waals surface area (Å²) in [6.07, 6.45) is 0.249. The Kier molecular flexibility index (Phi) is 6.67. The second-order valence-electron chi connectivity index (χ2n) is 4.37. The van der Waals surface area contributed by atoms with Crippen LogP contribution in [-0.2, 0) is 4.74 Å². The fourth-order valence-electron chi connectivity index (χ4n) is 1.56. The van der Waals surface area contributed by atoms with Gasteiger partial charge in [0.25, 0.3) is 0 Å². The second kappa shape index (κ2) is 8.09. The van der Waals surface area contributed by atoms with Crippen molar-refractivity contribution in [3.05, 3.63) is 30.3 Å². The molecular weight excluding hydrogens is 214 g/mol. The molecule has 1 rings (SSSR count). The summed E-state index contributed by atoms with van der Waals surface area (Å²) in [5.41, 5.74) is 0. The van der Waals surface area contributed by atoms with Crippen molar-refractivity contribution in [2.45, 2.75) is 20.0 Å². The maximum atomic E-state index is 5.78. The highest BCUT2D eigenvalue weighted by Gasteiger charge is 2.12. The van der Waals surface area contributed by atoms with Crippen LogP contribution in [0.15, 0.2) is 30.3 Å². The van der Waals surface area contributed by atoms with Crippen molar-refractivity contribution in [2.24, 2.45) is 5.92 Å². The molecule has 1 atom stereocenters. The Hall–Kier alpha value is -1.06. The van der Waals surface area contributed by atoms with Gasteiger partial charge in [0.15, 0.2) is 0 Å². The number of rotatable bonds is 8. The van der Waals surface area contributed by atoms with E-state index in [0.29, 0.717) is 19.1 Å². The maximum absolute atomic E-state index is 5.78. The lowest BCUT2D eigenvalue weighted by molar-refractivity contribution is 0.00897. The monoisotopic (exact) mass is 237 g/mol. The van der Waals surface area contributed by atoms with Crippen molar-refractivity contribution in [1.29, 1.82) is 0 Å². The zero-order chi connectivity index (χ0) is 12.5. The predicted octanol–water partition coefficient (Wildman–Crippen LogP) is 2.33. The van der Waals surface area contributed by atoms with Crippen LogP contribution in [-0.4, -0.2) is 32.9 Å². The van der Waals surface area contributed by atoms with Crippen molar-refractivity contribution in [3.8, 4) is 5.75 Å². The van der Waals surface area contributed by atoms with E-state index in [0.717, 1.165) is 12.3 Å². The first-order valence-corrected chi connectivity index (χ1v) is 6.18. The summed E-state index contributed by atoms with van der Waals surface area (Å²) in [4.78, 5) is 0. The van der Waals surface area contributed by atoms with Crippen molar-refractivity contribution >= 4 is 0 Å². The van der Waals surface area contributed by atoms with Crippen LogP contribution in [0.1, 0.15) is 13.8 Å². The van der Waals surface area contributed by atoms with Gasteiger partial charge in [-0.2, -0.15) is 0 Å². The summed E-state index contributed by atoms with van der Waals surface area (Å²) in [5, 5.41) is 3.14. The molecule has 0 aliphatic rings. The maximum Gasteiger partial charge on any atom is 0.119 e. The highest BCUT2D eigenvalue weighted by atomic mass is 16.5. The third-order valence-electron chi connectivity index (χ3n) is 2.58. The predicted molar refractivity (Wildman–Crippen MR) is 70.4 cm³/mol. The Morgan fingerprint density at radius 2 is 1.82 bits per heavy atom. The number of para-hydroxylation sites is 1. The van der Waals surface area contributed by atoms with E-state index in [2.05, 4.69) is 19.2 Å². The van der Waals surface area contributed by atoms with Gasteiger partial charge in [0.2, 0.25) is 0 Å². The van der Waals surface area contributed by atoms with Crippen molar-refractivity contribution < 1.29 is 9.47 Å². The quantitative estimate of drug-likeness (QED) is 0.704. The van der Waals surface area contributed by atoms with Gasteiger partial charge >= 0.3 is 0 Å². The molecule has 0 amide bonds. The van der Waals surface area contributed by atoms with Crippen molar-refractivity contribution in [3.63, 3.8) is 0 Å². The minimum absolute atomic E-state index is 0.249. The highest BCUT2D eigenvalue weighted by Crippen LogP contribution is 2.09. The normalized spacial score (nSPS) is 12.7.